The minimum absolute atomic E-state index is 0.104. The van der Waals surface area contributed by atoms with Crippen molar-refractivity contribution in [1.29, 1.82) is 0 Å². The lowest BCUT2D eigenvalue weighted by molar-refractivity contribution is 0.584. The molecule has 0 spiro atoms. The zero-order valence-electron chi connectivity index (χ0n) is 9.42. The Bertz CT molecular complexity index is 422. The van der Waals surface area contributed by atoms with E-state index >= 15 is 0 Å². The van der Waals surface area contributed by atoms with Crippen molar-refractivity contribution in [2.45, 2.75) is 19.4 Å². The van der Waals surface area contributed by atoms with Crippen LogP contribution in [-0.2, 0) is 7.05 Å². The van der Waals surface area contributed by atoms with Gasteiger partial charge in [-0.3, -0.25) is 4.68 Å². The zero-order valence-corrected chi connectivity index (χ0v) is 10.2. The first-order valence-electron chi connectivity index (χ1n) is 5.30. The van der Waals surface area contributed by atoms with Gasteiger partial charge in [-0.25, -0.2) is 0 Å². The number of nitrogens with one attached hydrogen (secondary N) is 1. The zero-order chi connectivity index (χ0) is 11.4. The lowest BCUT2D eigenvalue weighted by Gasteiger charge is -2.13. The highest BCUT2D eigenvalue weighted by Crippen LogP contribution is 2.20. The molecule has 0 radical (unpaired) electrons. The maximum Gasteiger partial charge on any atom is 0.0971 e. The number of nitrogens with zero attached hydrogens (tertiary/aromatic N) is 4. The van der Waals surface area contributed by atoms with Crippen LogP contribution in [0.1, 0.15) is 30.6 Å². The molecule has 2 aromatic rings. The first-order chi connectivity index (χ1) is 7.81. The van der Waals surface area contributed by atoms with Crippen LogP contribution >= 0.6 is 11.5 Å². The highest BCUT2D eigenvalue weighted by Gasteiger charge is 2.17. The number of aryl methyl sites for hydroxylation is 1. The summed E-state index contributed by atoms with van der Waals surface area (Å²) in [4.78, 5) is 0. The standard InChI is InChI=1S/C10H15N5S/c1-3-4-11-10(9-7-16-14-13-9)8-5-12-15(2)6-8/h5-7,10-11H,3-4H2,1-2H3. The van der Waals surface area contributed by atoms with Crippen molar-refractivity contribution in [3.05, 3.63) is 29.0 Å². The van der Waals surface area contributed by atoms with E-state index in [4.69, 9.17) is 0 Å². The van der Waals surface area contributed by atoms with Gasteiger partial charge in [0.15, 0.2) is 0 Å². The van der Waals surface area contributed by atoms with Gasteiger partial charge in [0, 0.05) is 24.2 Å². The predicted octanol–water partition coefficient (Wildman–Crippen LogP) is 1.36. The molecule has 0 aliphatic heterocycles. The van der Waals surface area contributed by atoms with E-state index in [-0.39, 0.29) is 6.04 Å². The largest absolute Gasteiger partial charge is 0.305 e. The smallest absolute Gasteiger partial charge is 0.0971 e. The molecule has 1 atom stereocenters. The second-order valence-electron chi connectivity index (χ2n) is 3.66. The number of aromatic nitrogens is 4. The average Bonchev–Trinajstić information content (AvgIpc) is 2.91. The summed E-state index contributed by atoms with van der Waals surface area (Å²) < 4.78 is 5.71. The maximum absolute atomic E-state index is 4.19. The Labute approximate surface area is 98.7 Å². The molecule has 1 unspecified atom stereocenters. The van der Waals surface area contributed by atoms with Crippen LogP contribution in [0.25, 0.3) is 0 Å². The molecule has 0 saturated carbocycles. The second-order valence-corrected chi connectivity index (χ2v) is 4.27. The van der Waals surface area contributed by atoms with Crippen molar-refractivity contribution in [2.75, 3.05) is 6.54 Å². The Morgan fingerprint density at radius 1 is 1.56 bits per heavy atom. The molecule has 2 aromatic heterocycles. The minimum atomic E-state index is 0.104. The fourth-order valence-corrected chi connectivity index (χ4v) is 2.05. The van der Waals surface area contributed by atoms with Crippen molar-refractivity contribution < 1.29 is 0 Å². The van der Waals surface area contributed by atoms with Crippen LogP contribution in [0.15, 0.2) is 17.8 Å². The number of hydrogen-bond acceptors (Lipinski definition) is 5. The Kier molecular flexibility index (Phi) is 3.63. The molecule has 0 fully saturated rings. The van der Waals surface area contributed by atoms with Gasteiger partial charge in [-0.05, 0) is 24.5 Å². The minimum Gasteiger partial charge on any atom is -0.305 e. The van der Waals surface area contributed by atoms with E-state index in [0.717, 1.165) is 24.2 Å². The van der Waals surface area contributed by atoms with Crippen molar-refractivity contribution in [3.63, 3.8) is 0 Å². The van der Waals surface area contributed by atoms with Gasteiger partial charge < -0.3 is 5.32 Å². The predicted molar refractivity (Wildman–Crippen MR) is 63.3 cm³/mol. The first-order valence-corrected chi connectivity index (χ1v) is 6.13. The molecule has 5 nitrogen and oxygen atoms in total. The van der Waals surface area contributed by atoms with E-state index in [1.807, 2.05) is 24.8 Å². The molecule has 6 heteroatoms. The van der Waals surface area contributed by atoms with Crippen molar-refractivity contribution in [1.82, 2.24) is 24.7 Å². The van der Waals surface area contributed by atoms with Crippen LogP contribution in [0.2, 0.25) is 0 Å². The van der Waals surface area contributed by atoms with Gasteiger partial charge in [-0.1, -0.05) is 11.4 Å². The Hall–Kier alpha value is -1.27. The molecule has 2 heterocycles. The Balaban J connectivity index is 2.21. The van der Waals surface area contributed by atoms with Gasteiger partial charge in [-0.15, -0.1) is 5.10 Å². The fraction of sp³-hybridized carbons (Fsp3) is 0.500. The summed E-state index contributed by atoms with van der Waals surface area (Å²) >= 11 is 1.37. The lowest BCUT2D eigenvalue weighted by Crippen LogP contribution is -2.23. The molecule has 0 aromatic carbocycles. The first kappa shape index (κ1) is 11.2. The van der Waals surface area contributed by atoms with E-state index in [2.05, 4.69) is 26.9 Å². The monoisotopic (exact) mass is 237 g/mol. The third-order valence-corrected chi connectivity index (χ3v) is 2.85. The van der Waals surface area contributed by atoms with Crippen LogP contribution in [0.5, 0.6) is 0 Å². The summed E-state index contributed by atoms with van der Waals surface area (Å²) in [5, 5.41) is 13.7. The quantitative estimate of drug-likeness (QED) is 0.853. The average molecular weight is 237 g/mol. The van der Waals surface area contributed by atoms with Gasteiger partial charge >= 0.3 is 0 Å². The summed E-state index contributed by atoms with van der Waals surface area (Å²) in [5.41, 5.74) is 2.09. The normalized spacial score (nSPS) is 12.9. The third-order valence-electron chi connectivity index (χ3n) is 2.33. The Morgan fingerprint density at radius 2 is 2.44 bits per heavy atom. The van der Waals surface area contributed by atoms with E-state index in [9.17, 15) is 0 Å². The number of rotatable bonds is 5. The van der Waals surface area contributed by atoms with Crippen LogP contribution < -0.4 is 5.32 Å². The van der Waals surface area contributed by atoms with Crippen molar-refractivity contribution in [3.8, 4) is 0 Å². The molecular formula is C10H15N5S. The van der Waals surface area contributed by atoms with E-state index in [0.29, 0.717) is 0 Å². The molecule has 2 rings (SSSR count). The lowest BCUT2D eigenvalue weighted by atomic mass is 10.1. The van der Waals surface area contributed by atoms with E-state index in [1.165, 1.54) is 11.5 Å². The molecule has 0 aliphatic carbocycles. The highest BCUT2D eigenvalue weighted by molar-refractivity contribution is 7.03. The summed E-state index contributed by atoms with van der Waals surface area (Å²) in [6, 6.07) is 0.104. The summed E-state index contributed by atoms with van der Waals surface area (Å²) in [6.45, 7) is 3.10. The van der Waals surface area contributed by atoms with Crippen LogP contribution in [0, 0.1) is 0 Å². The van der Waals surface area contributed by atoms with Crippen molar-refractivity contribution >= 4 is 11.5 Å². The van der Waals surface area contributed by atoms with E-state index < -0.39 is 0 Å². The highest BCUT2D eigenvalue weighted by atomic mass is 32.1. The van der Waals surface area contributed by atoms with Crippen LogP contribution in [-0.4, -0.2) is 25.9 Å². The van der Waals surface area contributed by atoms with E-state index in [1.54, 1.807) is 4.68 Å². The Morgan fingerprint density at radius 3 is 3.00 bits per heavy atom. The van der Waals surface area contributed by atoms with Gasteiger partial charge in [-0.2, -0.15) is 5.10 Å². The SMILES string of the molecule is CCCNC(c1cnn(C)c1)c1csnn1. The second kappa shape index (κ2) is 5.18. The maximum atomic E-state index is 4.19. The molecule has 16 heavy (non-hydrogen) atoms. The third kappa shape index (κ3) is 2.45. The molecule has 1 N–H and O–H groups in total. The van der Waals surface area contributed by atoms with Crippen molar-refractivity contribution in [2.24, 2.45) is 7.05 Å². The molecule has 0 aliphatic rings. The molecule has 0 saturated heterocycles. The molecule has 0 amide bonds. The fourth-order valence-electron chi connectivity index (χ4n) is 1.57. The molecule has 86 valence electrons. The number of hydrogen-bond donors (Lipinski definition) is 1. The van der Waals surface area contributed by atoms with Gasteiger partial charge in [0.2, 0.25) is 0 Å². The van der Waals surface area contributed by atoms with Crippen LogP contribution in [0.3, 0.4) is 0 Å². The topological polar surface area (TPSA) is 55.6 Å². The summed E-state index contributed by atoms with van der Waals surface area (Å²) in [6.07, 6.45) is 4.97. The van der Waals surface area contributed by atoms with Gasteiger partial charge in [0.25, 0.3) is 0 Å². The molecule has 0 bridgehead atoms. The van der Waals surface area contributed by atoms with Gasteiger partial charge in [0.1, 0.15) is 0 Å². The summed E-state index contributed by atoms with van der Waals surface area (Å²) in [7, 11) is 1.92. The summed E-state index contributed by atoms with van der Waals surface area (Å²) in [5.74, 6) is 0. The molecular weight excluding hydrogens is 222 g/mol. The van der Waals surface area contributed by atoms with Crippen LogP contribution in [0.4, 0.5) is 0 Å². The van der Waals surface area contributed by atoms with Gasteiger partial charge in [0.05, 0.1) is 17.9 Å².